The van der Waals surface area contributed by atoms with E-state index in [9.17, 15) is 9.59 Å². The van der Waals surface area contributed by atoms with Crippen LogP contribution in [0.3, 0.4) is 0 Å². The van der Waals surface area contributed by atoms with Gasteiger partial charge in [-0.3, -0.25) is 0 Å². The summed E-state index contributed by atoms with van der Waals surface area (Å²) in [5, 5.41) is 11.1. The third-order valence-corrected chi connectivity index (χ3v) is 2.82. The van der Waals surface area contributed by atoms with Crippen LogP contribution in [0.15, 0.2) is 0 Å². The molecule has 0 aliphatic rings. The molecule has 1 amide bonds. The van der Waals surface area contributed by atoms with Crippen molar-refractivity contribution in [2.45, 2.75) is 13.2 Å². The van der Waals surface area contributed by atoms with Crippen LogP contribution in [-0.4, -0.2) is 36.4 Å². The second-order valence-corrected chi connectivity index (χ2v) is 4.13. The molecule has 1 rings (SSSR count). The third kappa shape index (κ3) is 3.68. The number of esters is 1. The minimum atomic E-state index is -1.15. The predicted molar refractivity (Wildman–Crippen MR) is 59.0 cm³/mol. The molecule has 7 nitrogen and oxygen atoms in total. The molecule has 0 radical (unpaired) electrons. The quantitative estimate of drug-likeness (QED) is 0.761. The van der Waals surface area contributed by atoms with Gasteiger partial charge in [-0.2, -0.15) is 0 Å². The van der Waals surface area contributed by atoms with Gasteiger partial charge in [-0.1, -0.05) is 0 Å². The largest absolute Gasteiger partial charge is 0.465 e. The van der Waals surface area contributed by atoms with Crippen molar-refractivity contribution >= 4 is 23.4 Å². The van der Waals surface area contributed by atoms with Gasteiger partial charge >= 0.3 is 12.1 Å². The van der Waals surface area contributed by atoms with Crippen LogP contribution < -0.4 is 5.32 Å². The number of carbonyl (C=O) groups excluding carboxylic acids is 1. The summed E-state index contributed by atoms with van der Waals surface area (Å²) < 4.78 is 9.50. The minimum Gasteiger partial charge on any atom is -0.465 e. The maximum Gasteiger partial charge on any atom is 0.405 e. The lowest BCUT2D eigenvalue weighted by atomic mass is 10.4. The van der Waals surface area contributed by atoms with Gasteiger partial charge in [-0.25, -0.2) is 14.6 Å². The summed E-state index contributed by atoms with van der Waals surface area (Å²) in [4.78, 5) is 26.3. The topological polar surface area (TPSA) is 97.8 Å². The number of aromatic nitrogens is 1. The smallest absolute Gasteiger partial charge is 0.405 e. The minimum absolute atomic E-state index is 0.0493. The number of carboxylic acid groups (broad SMARTS) is 1. The lowest BCUT2D eigenvalue weighted by Gasteiger charge is -1.97. The fourth-order valence-corrected chi connectivity index (χ4v) is 2.08. The van der Waals surface area contributed by atoms with E-state index in [1.165, 1.54) is 25.6 Å². The van der Waals surface area contributed by atoms with Gasteiger partial charge in [0.1, 0.15) is 5.01 Å². The Bertz CT molecular complexity index is 418. The van der Waals surface area contributed by atoms with Crippen molar-refractivity contribution in [3.05, 3.63) is 15.6 Å². The first-order valence-electron chi connectivity index (χ1n) is 4.61. The predicted octanol–water partition coefficient (Wildman–Crippen LogP) is 0.844. The average molecular weight is 260 g/mol. The van der Waals surface area contributed by atoms with Crippen LogP contribution >= 0.6 is 11.3 Å². The molecule has 17 heavy (non-hydrogen) atoms. The van der Waals surface area contributed by atoms with Crippen molar-refractivity contribution in [3.63, 3.8) is 0 Å². The van der Waals surface area contributed by atoms with Crippen molar-refractivity contribution < 1.29 is 24.2 Å². The summed E-state index contributed by atoms with van der Waals surface area (Å²) in [7, 11) is 2.75. The molecule has 0 fully saturated rings. The first kappa shape index (κ1) is 13.4. The number of ether oxygens (including phenoxy) is 2. The molecule has 0 saturated heterocycles. The van der Waals surface area contributed by atoms with Crippen molar-refractivity contribution in [2.24, 2.45) is 0 Å². The number of carbonyl (C=O) groups is 2. The third-order valence-electron chi connectivity index (χ3n) is 1.79. The highest BCUT2D eigenvalue weighted by Gasteiger charge is 2.18. The fourth-order valence-electron chi connectivity index (χ4n) is 1.11. The highest BCUT2D eigenvalue weighted by atomic mass is 32.1. The lowest BCUT2D eigenvalue weighted by Crippen LogP contribution is -2.19. The summed E-state index contributed by atoms with van der Waals surface area (Å²) in [6.07, 6.45) is -1.15. The highest BCUT2D eigenvalue weighted by Crippen LogP contribution is 2.20. The highest BCUT2D eigenvalue weighted by molar-refractivity contribution is 7.11. The molecule has 0 bridgehead atoms. The van der Waals surface area contributed by atoms with Crippen LogP contribution in [-0.2, 0) is 22.6 Å². The fraction of sp³-hybridized carbons (Fsp3) is 0.444. The van der Waals surface area contributed by atoms with Gasteiger partial charge in [0.15, 0.2) is 5.69 Å². The molecule has 0 saturated carbocycles. The standard InChI is InChI=1S/C9H12N2O5S/c1-15-4-5-7(8(12)16-2)11-6(17-5)3-10-9(13)14/h10H,3-4H2,1-2H3,(H,13,14). The van der Waals surface area contributed by atoms with Crippen LogP contribution in [0.4, 0.5) is 4.79 Å². The Hall–Kier alpha value is -1.67. The van der Waals surface area contributed by atoms with E-state index in [-0.39, 0.29) is 18.8 Å². The molecule has 0 spiro atoms. The Labute approximate surface area is 101 Å². The van der Waals surface area contributed by atoms with E-state index >= 15 is 0 Å². The summed E-state index contributed by atoms with van der Waals surface area (Å²) in [5.41, 5.74) is 0.168. The number of methoxy groups -OCH3 is 2. The van der Waals surface area contributed by atoms with Gasteiger partial charge in [0.2, 0.25) is 0 Å². The van der Waals surface area contributed by atoms with Gasteiger partial charge < -0.3 is 19.9 Å². The number of thiazole rings is 1. The summed E-state index contributed by atoms with van der Waals surface area (Å²) in [5.74, 6) is -0.560. The van der Waals surface area contributed by atoms with E-state index < -0.39 is 12.1 Å². The molecule has 1 aromatic heterocycles. The summed E-state index contributed by atoms with van der Waals surface area (Å²) in [6, 6.07) is 0. The molecule has 0 aromatic carbocycles. The summed E-state index contributed by atoms with van der Waals surface area (Å²) >= 11 is 1.21. The van der Waals surface area contributed by atoms with Crippen LogP contribution in [0.5, 0.6) is 0 Å². The normalized spacial score (nSPS) is 10.0. The van der Waals surface area contributed by atoms with Crippen molar-refractivity contribution in [1.82, 2.24) is 10.3 Å². The van der Waals surface area contributed by atoms with Gasteiger partial charge in [-0.05, 0) is 0 Å². The maximum absolute atomic E-state index is 11.4. The Morgan fingerprint density at radius 2 is 2.18 bits per heavy atom. The number of hydrogen-bond acceptors (Lipinski definition) is 6. The number of nitrogens with one attached hydrogen (secondary N) is 1. The van der Waals surface area contributed by atoms with E-state index in [0.717, 1.165) is 0 Å². The maximum atomic E-state index is 11.4. The van der Waals surface area contributed by atoms with Crippen molar-refractivity contribution in [3.8, 4) is 0 Å². The summed E-state index contributed by atoms with van der Waals surface area (Å²) in [6.45, 7) is 0.281. The molecular weight excluding hydrogens is 248 g/mol. The second kappa shape index (κ2) is 6.16. The molecule has 94 valence electrons. The van der Waals surface area contributed by atoms with Crippen LogP contribution in [0.1, 0.15) is 20.4 Å². The van der Waals surface area contributed by atoms with E-state index in [0.29, 0.717) is 9.88 Å². The molecule has 2 N–H and O–H groups in total. The molecule has 0 atom stereocenters. The van der Waals surface area contributed by atoms with Crippen LogP contribution in [0, 0.1) is 0 Å². The first-order chi connectivity index (χ1) is 8.08. The van der Waals surface area contributed by atoms with Crippen LogP contribution in [0.25, 0.3) is 0 Å². The number of rotatable bonds is 5. The Morgan fingerprint density at radius 3 is 2.71 bits per heavy atom. The van der Waals surface area contributed by atoms with Gasteiger partial charge in [0.25, 0.3) is 0 Å². The molecular formula is C9H12N2O5S. The SMILES string of the molecule is COCc1sc(CNC(=O)O)nc1C(=O)OC. The Kier molecular flexibility index (Phi) is 4.85. The molecule has 1 heterocycles. The van der Waals surface area contributed by atoms with E-state index in [1.807, 2.05) is 0 Å². The van der Waals surface area contributed by atoms with Gasteiger partial charge in [0, 0.05) is 7.11 Å². The van der Waals surface area contributed by atoms with E-state index in [2.05, 4.69) is 15.0 Å². The Morgan fingerprint density at radius 1 is 1.47 bits per heavy atom. The zero-order chi connectivity index (χ0) is 12.8. The zero-order valence-electron chi connectivity index (χ0n) is 9.35. The van der Waals surface area contributed by atoms with Crippen molar-refractivity contribution in [1.29, 1.82) is 0 Å². The monoisotopic (exact) mass is 260 g/mol. The number of nitrogens with zero attached hydrogens (tertiary/aromatic N) is 1. The lowest BCUT2D eigenvalue weighted by molar-refractivity contribution is 0.0590. The van der Waals surface area contributed by atoms with Gasteiger partial charge in [0.05, 0.1) is 25.1 Å². The molecule has 8 heteroatoms. The van der Waals surface area contributed by atoms with Crippen molar-refractivity contribution in [2.75, 3.05) is 14.2 Å². The average Bonchev–Trinajstić information content (AvgIpc) is 2.69. The molecule has 1 aromatic rings. The second-order valence-electron chi connectivity index (χ2n) is 2.96. The van der Waals surface area contributed by atoms with E-state index in [1.54, 1.807) is 0 Å². The molecule has 0 unspecified atom stereocenters. The number of hydrogen-bond donors (Lipinski definition) is 2. The van der Waals surface area contributed by atoms with Gasteiger partial charge in [-0.15, -0.1) is 11.3 Å². The molecule has 0 aliphatic carbocycles. The Balaban J connectivity index is 2.87. The first-order valence-corrected chi connectivity index (χ1v) is 5.42. The molecule has 0 aliphatic heterocycles. The number of amides is 1. The zero-order valence-corrected chi connectivity index (χ0v) is 10.2. The van der Waals surface area contributed by atoms with Crippen LogP contribution in [0.2, 0.25) is 0 Å². The van der Waals surface area contributed by atoms with E-state index in [4.69, 9.17) is 9.84 Å².